The Bertz CT molecular complexity index is 199. The predicted octanol–water partition coefficient (Wildman–Crippen LogP) is 1.53. The van der Waals surface area contributed by atoms with E-state index in [1.54, 1.807) is 0 Å². The Kier molecular flexibility index (Phi) is 5.05. The van der Waals surface area contributed by atoms with Crippen molar-refractivity contribution in [3.05, 3.63) is 0 Å². The van der Waals surface area contributed by atoms with E-state index in [2.05, 4.69) is 6.92 Å². The lowest BCUT2D eigenvalue weighted by atomic mass is 10.1. The average molecular weight is 216 g/mol. The van der Waals surface area contributed by atoms with E-state index in [1.807, 2.05) is 0 Å². The molecular formula is C11H20O4. The fraction of sp³-hybridized carbons (Fsp3) is 0.909. The summed E-state index contributed by atoms with van der Waals surface area (Å²) in [5, 5.41) is 0. The lowest BCUT2D eigenvalue weighted by Crippen LogP contribution is -2.49. The van der Waals surface area contributed by atoms with Crippen LogP contribution in [0.15, 0.2) is 0 Å². The van der Waals surface area contributed by atoms with Gasteiger partial charge in [0.05, 0.1) is 19.8 Å². The van der Waals surface area contributed by atoms with Crippen LogP contribution in [-0.4, -0.2) is 38.0 Å². The Labute approximate surface area is 90.9 Å². The van der Waals surface area contributed by atoms with Gasteiger partial charge in [-0.25, -0.2) is 0 Å². The zero-order valence-corrected chi connectivity index (χ0v) is 9.58. The summed E-state index contributed by atoms with van der Waals surface area (Å²) < 4.78 is 15.6. The quantitative estimate of drug-likeness (QED) is 0.478. The highest BCUT2D eigenvalue weighted by Gasteiger charge is 2.33. The van der Waals surface area contributed by atoms with Crippen molar-refractivity contribution in [1.82, 2.24) is 0 Å². The number of unbranched alkanes of at least 4 members (excludes halogenated alkanes) is 2. The Morgan fingerprint density at radius 3 is 2.47 bits per heavy atom. The van der Waals surface area contributed by atoms with Crippen molar-refractivity contribution in [1.29, 1.82) is 0 Å². The Hall–Kier alpha value is -0.610. The Balaban J connectivity index is 1.83. The SMILES string of the molecule is CC(=O)OCCCCCOC1(C)COC1. The maximum absolute atomic E-state index is 10.4. The minimum absolute atomic E-state index is 0.0457. The number of carbonyl (C=O) groups is 1. The molecule has 1 rings (SSSR count). The van der Waals surface area contributed by atoms with Crippen LogP contribution >= 0.6 is 0 Å². The van der Waals surface area contributed by atoms with E-state index in [-0.39, 0.29) is 11.6 Å². The van der Waals surface area contributed by atoms with Gasteiger partial charge in [0.25, 0.3) is 0 Å². The van der Waals surface area contributed by atoms with Gasteiger partial charge in [-0.15, -0.1) is 0 Å². The molecule has 1 aliphatic rings. The summed E-state index contributed by atoms with van der Waals surface area (Å²) in [7, 11) is 0. The molecule has 4 heteroatoms. The minimum atomic E-state index is -0.203. The van der Waals surface area contributed by atoms with Gasteiger partial charge in [-0.2, -0.15) is 0 Å². The molecule has 0 unspecified atom stereocenters. The molecular weight excluding hydrogens is 196 g/mol. The van der Waals surface area contributed by atoms with Gasteiger partial charge in [-0.3, -0.25) is 4.79 Å². The first-order valence-corrected chi connectivity index (χ1v) is 5.47. The third kappa shape index (κ3) is 5.14. The first-order chi connectivity index (χ1) is 7.12. The van der Waals surface area contributed by atoms with Gasteiger partial charge >= 0.3 is 5.97 Å². The molecule has 1 saturated heterocycles. The number of rotatable bonds is 7. The third-order valence-corrected chi connectivity index (χ3v) is 2.36. The molecule has 0 amide bonds. The number of ether oxygens (including phenoxy) is 3. The van der Waals surface area contributed by atoms with Crippen LogP contribution in [0.1, 0.15) is 33.1 Å². The van der Waals surface area contributed by atoms with Crippen molar-refractivity contribution in [2.45, 2.75) is 38.7 Å². The molecule has 0 atom stereocenters. The van der Waals surface area contributed by atoms with Gasteiger partial charge in [0.15, 0.2) is 0 Å². The van der Waals surface area contributed by atoms with E-state index in [0.717, 1.165) is 25.9 Å². The summed E-state index contributed by atoms with van der Waals surface area (Å²) in [6.45, 7) is 6.20. The van der Waals surface area contributed by atoms with Crippen LogP contribution in [0.3, 0.4) is 0 Å². The molecule has 1 aliphatic heterocycles. The largest absolute Gasteiger partial charge is 0.466 e. The van der Waals surface area contributed by atoms with Crippen molar-refractivity contribution in [2.24, 2.45) is 0 Å². The second-order valence-corrected chi connectivity index (χ2v) is 4.19. The van der Waals surface area contributed by atoms with Crippen molar-refractivity contribution in [3.63, 3.8) is 0 Å². The number of esters is 1. The summed E-state index contributed by atoms with van der Waals surface area (Å²) in [5.41, 5.74) is -0.0457. The first-order valence-electron chi connectivity index (χ1n) is 5.47. The molecule has 0 aromatic carbocycles. The predicted molar refractivity (Wildman–Crippen MR) is 55.7 cm³/mol. The topological polar surface area (TPSA) is 44.8 Å². The third-order valence-electron chi connectivity index (χ3n) is 2.36. The maximum Gasteiger partial charge on any atom is 0.302 e. The molecule has 1 fully saturated rings. The zero-order chi connectivity index (χ0) is 11.1. The lowest BCUT2D eigenvalue weighted by molar-refractivity contribution is -0.199. The van der Waals surface area contributed by atoms with Crippen LogP contribution in [0.2, 0.25) is 0 Å². The van der Waals surface area contributed by atoms with Gasteiger partial charge < -0.3 is 14.2 Å². The van der Waals surface area contributed by atoms with Gasteiger partial charge in [0.2, 0.25) is 0 Å². The van der Waals surface area contributed by atoms with E-state index >= 15 is 0 Å². The van der Waals surface area contributed by atoms with Crippen molar-refractivity contribution >= 4 is 5.97 Å². The Morgan fingerprint density at radius 1 is 1.27 bits per heavy atom. The molecule has 0 N–H and O–H groups in total. The smallest absolute Gasteiger partial charge is 0.302 e. The molecule has 0 bridgehead atoms. The molecule has 0 aromatic rings. The summed E-state index contributed by atoms with van der Waals surface area (Å²) >= 11 is 0. The highest BCUT2D eigenvalue weighted by molar-refractivity contribution is 5.65. The average Bonchev–Trinajstić information content (AvgIpc) is 2.13. The summed E-state index contributed by atoms with van der Waals surface area (Å²) in [6, 6.07) is 0. The second-order valence-electron chi connectivity index (χ2n) is 4.19. The van der Waals surface area contributed by atoms with Gasteiger partial charge in [0.1, 0.15) is 5.60 Å². The normalized spacial score (nSPS) is 18.3. The highest BCUT2D eigenvalue weighted by atomic mass is 16.6. The molecule has 15 heavy (non-hydrogen) atoms. The van der Waals surface area contributed by atoms with Gasteiger partial charge in [0, 0.05) is 13.5 Å². The highest BCUT2D eigenvalue weighted by Crippen LogP contribution is 2.20. The summed E-state index contributed by atoms with van der Waals surface area (Å²) in [5.74, 6) is -0.203. The fourth-order valence-electron chi connectivity index (χ4n) is 1.39. The lowest BCUT2D eigenvalue weighted by Gasteiger charge is -2.37. The van der Waals surface area contributed by atoms with Crippen LogP contribution in [-0.2, 0) is 19.0 Å². The van der Waals surface area contributed by atoms with Crippen molar-refractivity contribution in [3.8, 4) is 0 Å². The minimum Gasteiger partial charge on any atom is -0.466 e. The first kappa shape index (κ1) is 12.5. The van der Waals surface area contributed by atoms with Crippen LogP contribution in [0.25, 0.3) is 0 Å². The molecule has 4 nitrogen and oxygen atoms in total. The summed E-state index contributed by atoms with van der Waals surface area (Å²) in [4.78, 5) is 10.4. The van der Waals surface area contributed by atoms with Crippen LogP contribution in [0, 0.1) is 0 Å². The molecule has 1 heterocycles. The monoisotopic (exact) mass is 216 g/mol. The van der Waals surface area contributed by atoms with E-state index in [4.69, 9.17) is 14.2 Å². The molecule has 0 spiro atoms. The molecule has 88 valence electrons. The van der Waals surface area contributed by atoms with E-state index < -0.39 is 0 Å². The fourth-order valence-corrected chi connectivity index (χ4v) is 1.39. The molecule has 0 saturated carbocycles. The zero-order valence-electron chi connectivity index (χ0n) is 9.58. The number of hydrogen-bond acceptors (Lipinski definition) is 4. The molecule has 0 radical (unpaired) electrons. The van der Waals surface area contributed by atoms with E-state index in [9.17, 15) is 4.79 Å². The Morgan fingerprint density at radius 2 is 1.93 bits per heavy atom. The summed E-state index contributed by atoms with van der Waals surface area (Å²) in [6.07, 6.45) is 2.96. The number of hydrogen-bond donors (Lipinski definition) is 0. The van der Waals surface area contributed by atoms with Gasteiger partial charge in [-0.05, 0) is 26.2 Å². The van der Waals surface area contributed by atoms with Crippen LogP contribution in [0.5, 0.6) is 0 Å². The van der Waals surface area contributed by atoms with E-state index in [1.165, 1.54) is 6.92 Å². The van der Waals surface area contributed by atoms with Crippen LogP contribution in [0.4, 0.5) is 0 Å². The van der Waals surface area contributed by atoms with E-state index in [0.29, 0.717) is 19.8 Å². The van der Waals surface area contributed by atoms with Crippen molar-refractivity contribution < 1.29 is 19.0 Å². The van der Waals surface area contributed by atoms with Gasteiger partial charge in [-0.1, -0.05) is 0 Å². The van der Waals surface area contributed by atoms with Crippen molar-refractivity contribution in [2.75, 3.05) is 26.4 Å². The molecule has 0 aromatic heterocycles. The number of carbonyl (C=O) groups excluding carboxylic acids is 1. The second kappa shape index (κ2) is 6.08. The molecule has 0 aliphatic carbocycles. The van der Waals surface area contributed by atoms with Crippen LogP contribution < -0.4 is 0 Å². The standard InChI is InChI=1S/C11H20O4/c1-10(12)14-6-4-3-5-7-15-11(2)8-13-9-11/h3-9H2,1-2H3. The maximum atomic E-state index is 10.4.